The van der Waals surface area contributed by atoms with Crippen LogP contribution in [0.25, 0.3) is 5.52 Å². The largest absolute Gasteiger partial charge is 0.346 e. The summed E-state index contributed by atoms with van der Waals surface area (Å²) in [4.78, 5) is 14.7. The van der Waals surface area contributed by atoms with Gasteiger partial charge in [-0.15, -0.1) is 0 Å². The molecule has 5 heteroatoms. The van der Waals surface area contributed by atoms with E-state index in [4.69, 9.17) is 9.47 Å². The van der Waals surface area contributed by atoms with Crippen molar-refractivity contribution in [3.05, 3.63) is 41.7 Å². The first-order valence-corrected chi connectivity index (χ1v) is 7.81. The first-order chi connectivity index (χ1) is 10.7. The molecule has 2 aromatic heterocycles. The highest BCUT2D eigenvalue weighted by Gasteiger charge is 2.42. The Morgan fingerprint density at radius 1 is 1.32 bits per heavy atom. The number of likely N-dealkylation sites (tertiary alicyclic amines) is 1. The highest BCUT2D eigenvalue weighted by Crippen LogP contribution is 2.31. The summed E-state index contributed by atoms with van der Waals surface area (Å²) in [7, 11) is 0. The monoisotopic (exact) mass is 300 g/mol. The number of fused-ring (bicyclic) bond motifs is 1. The van der Waals surface area contributed by atoms with Gasteiger partial charge in [-0.3, -0.25) is 4.79 Å². The summed E-state index contributed by atoms with van der Waals surface area (Å²) >= 11 is 0. The van der Waals surface area contributed by atoms with Crippen molar-refractivity contribution in [2.24, 2.45) is 0 Å². The van der Waals surface area contributed by atoms with E-state index in [9.17, 15) is 4.79 Å². The van der Waals surface area contributed by atoms with Gasteiger partial charge in [0.25, 0.3) is 5.91 Å². The Kier molecular flexibility index (Phi) is 3.20. The second-order valence-electron chi connectivity index (χ2n) is 6.15. The Hall–Kier alpha value is -1.85. The average molecular weight is 300 g/mol. The van der Waals surface area contributed by atoms with Crippen LogP contribution in [0.4, 0.5) is 0 Å². The number of aryl methyl sites for hydroxylation is 1. The Labute approximate surface area is 129 Å². The van der Waals surface area contributed by atoms with Gasteiger partial charge >= 0.3 is 0 Å². The molecule has 0 unspecified atom stereocenters. The van der Waals surface area contributed by atoms with E-state index in [1.54, 1.807) is 0 Å². The lowest BCUT2D eigenvalue weighted by Crippen LogP contribution is -2.50. The van der Waals surface area contributed by atoms with Crippen molar-refractivity contribution in [2.45, 2.75) is 25.6 Å². The molecule has 0 saturated carbocycles. The first-order valence-electron chi connectivity index (χ1n) is 7.81. The third-order valence-electron chi connectivity index (χ3n) is 4.61. The summed E-state index contributed by atoms with van der Waals surface area (Å²) in [6.07, 6.45) is 5.66. The zero-order valence-corrected chi connectivity index (χ0v) is 12.7. The summed E-state index contributed by atoms with van der Waals surface area (Å²) in [6.45, 7) is 4.59. The lowest BCUT2D eigenvalue weighted by molar-refractivity contribution is -0.183. The number of hydrogen-bond acceptors (Lipinski definition) is 3. The molecule has 4 rings (SSSR count). The van der Waals surface area contributed by atoms with E-state index >= 15 is 0 Å². The summed E-state index contributed by atoms with van der Waals surface area (Å²) in [5, 5.41) is 0. The molecular weight excluding hydrogens is 280 g/mol. The Balaban J connectivity index is 1.61. The summed E-state index contributed by atoms with van der Waals surface area (Å²) in [5.74, 6) is -0.510. The van der Waals surface area contributed by atoms with Gasteiger partial charge in [-0.2, -0.15) is 0 Å². The number of nitrogens with zero attached hydrogens (tertiary/aromatic N) is 2. The highest BCUT2D eigenvalue weighted by molar-refractivity contribution is 5.96. The predicted molar refractivity (Wildman–Crippen MR) is 81.9 cm³/mol. The Morgan fingerprint density at radius 3 is 2.91 bits per heavy atom. The topological polar surface area (TPSA) is 43.2 Å². The molecule has 5 nitrogen and oxygen atoms in total. The molecular formula is C17H20N2O3. The quantitative estimate of drug-likeness (QED) is 0.811. The van der Waals surface area contributed by atoms with Crippen LogP contribution in [-0.4, -0.2) is 47.3 Å². The van der Waals surface area contributed by atoms with Gasteiger partial charge in [-0.05, 0) is 31.0 Å². The molecule has 1 spiro atoms. The molecule has 2 aliphatic rings. The number of amides is 1. The van der Waals surface area contributed by atoms with Gasteiger partial charge in [-0.25, -0.2) is 0 Å². The zero-order valence-electron chi connectivity index (χ0n) is 12.7. The number of aromatic nitrogens is 1. The van der Waals surface area contributed by atoms with E-state index in [1.165, 1.54) is 5.56 Å². The fourth-order valence-corrected chi connectivity index (χ4v) is 3.48. The minimum Gasteiger partial charge on any atom is -0.346 e. The fourth-order valence-electron chi connectivity index (χ4n) is 3.48. The molecule has 0 aromatic carbocycles. The molecule has 0 atom stereocenters. The van der Waals surface area contributed by atoms with Crippen molar-refractivity contribution in [1.82, 2.24) is 9.30 Å². The SMILES string of the molecule is Cc1cccn2cc(C(=O)N3CCCC4(C3)OCCO4)cc12. The minimum absolute atomic E-state index is 0.0567. The number of ether oxygens (including phenoxy) is 2. The number of rotatable bonds is 1. The Morgan fingerprint density at radius 2 is 2.14 bits per heavy atom. The molecule has 0 bridgehead atoms. The van der Waals surface area contributed by atoms with Gasteiger partial charge in [-0.1, -0.05) is 6.07 Å². The average Bonchev–Trinajstić information content (AvgIpc) is 3.15. The van der Waals surface area contributed by atoms with Crippen LogP contribution in [0, 0.1) is 6.92 Å². The van der Waals surface area contributed by atoms with Crippen molar-refractivity contribution in [2.75, 3.05) is 26.3 Å². The zero-order chi connectivity index (χ0) is 15.2. The van der Waals surface area contributed by atoms with E-state index in [0.717, 1.165) is 30.5 Å². The second-order valence-corrected chi connectivity index (χ2v) is 6.15. The fraction of sp³-hybridized carbons (Fsp3) is 0.471. The van der Waals surface area contributed by atoms with Gasteiger partial charge in [0.05, 0.1) is 25.3 Å². The second kappa shape index (κ2) is 5.11. The Bertz CT molecular complexity index is 716. The van der Waals surface area contributed by atoms with Gasteiger partial charge in [0.15, 0.2) is 5.79 Å². The maximum atomic E-state index is 12.8. The van der Waals surface area contributed by atoms with Crippen molar-refractivity contribution in [1.29, 1.82) is 0 Å². The number of carbonyl (C=O) groups excluding carboxylic acids is 1. The molecule has 2 aromatic rings. The number of hydrogen-bond donors (Lipinski definition) is 0. The van der Waals surface area contributed by atoms with E-state index in [2.05, 4.69) is 13.0 Å². The van der Waals surface area contributed by atoms with Crippen molar-refractivity contribution < 1.29 is 14.3 Å². The minimum atomic E-state index is -0.566. The lowest BCUT2D eigenvalue weighted by atomic mass is 10.0. The van der Waals surface area contributed by atoms with Crippen LogP contribution in [0.2, 0.25) is 0 Å². The van der Waals surface area contributed by atoms with E-state index in [0.29, 0.717) is 19.8 Å². The molecule has 2 saturated heterocycles. The van der Waals surface area contributed by atoms with E-state index in [-0.39, 0.29) is 5.91 Å². The smallest absolute Gasteiger partial charge is 0.255 e. The van der Waals surface area contributed by atoms with Crippen LogP contribution in [0.3, 0.4) is 0 Å². The molecule has 0 radical (unpaired) electrons. The molecule has 0 aliphatic carbocycles. The molecule has 22 heavy (non-hydrogen) atoms. The van der Waals surface area contributed by atoms with Gasteiger partial charge in [0.2, 0.25) is 0 Å². The van der Waals surface area contributed by atoms with Crippen LogP contribution >= 0.6 is 0 Å². The molecule has 2 fully saturated rings. The van der Waals surface area contributed by atoms with Crippen LogP contribution < -0.4 is 0 Å². The maximum Gasteiger partial charge on any atom is 0.255 e. The van der Waals surface area contributed by atoms with E-state index in [1.807, 2.05) is 33.8 Å². The van der Waals surface area contributed by atoms with Crippen molar-refractivity contribution >= 4 is 11.4 Å². The van der Waals surface area contributed by atoms with Crippen molar-refractivity contribution in [3.8, 4) is 0 Å². The van der Waals surface area contributed by atoms with Crippen LogP contribution in [0.5, 0.6) is 0 Å². The molecule has 2 aliphatic heterocycles. The van der Waals surface area contributed by atoms with Crippen molar-refractivity contribution in [3.63, 3.8) is 0 Å². The third kappa shape index (κ3) is 2.21. The molecule has 4 heterocycles. The van der Waals surface area contributed by atoms with Gasteiger partial charge in [0, 0.05) is 30.9 Å². The maximum absolute atomic E-state index is 12.8. The van der Waals surface area contributed by atoms with Crippen LogP contribution in [0.15, 0.2) is 30.6 Å². The number of piperidine rings is 1. The summed E-state index contributed by atoms with van der Waals surface area (Å²) in [5.41, 5.74) is 2.97. The molecule has 116 valence electrons. The third-order valence-corrected chi connectivity index (χ3v) is 4.61. The summed E-state index contributed by atoms with van der Waals surface area (Å²) in [6, 6.07) is 6.02. The first kappa shape index (κ1) is 13.8. The van der Waals surface area contributed by atoms with Gasteiger partial charge in [0.1, 0.15) is 0 Å². The molecule has 0 N–H and O–H groups in total. The predicted octanol–water partition coefficient (Wildman–Crippen LogP) is 2.23. The number of pyridine rings is 1. The highest BCUT2D eigenvalue weighted by atomic mass is 16.7. The van der Waals surface area contributed by atoms with Crippen LogP contribution in [0.1, 0.15) is 28.8 Å². The number of carbonyl (C=O) groups is 1. The summed E-state index contributed by atoms with van der Waals surface area (Å²) < 4.78 is 13.5. The van der Waals surface area contributed by atoms with Gasteiger partial charge < -0.3 is 18.8 Å². The normalized spacial score (nSPS) is 20.9. The van der Waals surface area contributed by atoms with E-state index < -0.39 is 5.79 Å². The lowest BCUT2D eigenvalue weighted by Gasteiger charge is -2.38. The molecule has 1 amide bonds. The van der Waals surface area contributed by atoms with Crippen LogP contribution in [-0.2, 0) is 9.47 Å². The standard InChI is InChI=1S/C17H20N2O3/c1-13-4-2-6-18-11-14(10-15(13)18)16(20)19-7-3-5-17(12-19)21-8-9-22-17/h2,4,6,10-11H,3,5,7-9,12H2,1H3.